The Kier molecular flexibility index (Phi) is 7.13. The molecule has 0 amide bonds. The Morgan fingerprint density at radius 1 is 1.17 bits per heavy atom. The Labute approximate surface area is 209 Å². The van der Waals surface area contributed by atoms with E-state index in [1.165, 1.54) is 10.6 Å². The molecule has 0 spiro atoms. The lowest BCUT2D eigenvalue weighted by atomic mass is 10.0. The molecular formula is C25H26BrFN4O4. The maximum Gasteiger partial charge on any atom is 0.329 e. The molecule has 8 nitrogen and oxygen atoms in total. The molecule has 0 aliphatic heterocycles. The van der Waals surface area contributed by atoms with Crippen LogP contribution in [0.1, 0.15) is 31.4 Å². The summed E-state index contributed by atoms with van der Waals surface area (Å²) in [5, 5.41) is 20.0. The number of aliphatic hydroxyl groups excluding tert-OH is 1. The van der Waals surface area contributed by atoms with E-state index in [0.717, 1.165) is 0 Å². The summed E-state index contributed by atoms with van der Waals surface area (Å²) in [5.41, 5.74) is 1.78. The molecule has 0 radical (unpaired) electrons. The number of halogens is 2. The number of H-pyrrole nitrogens is 2. The number of imidazole rings is 2. The van der Waals surface area contributed by atoms with Gasteiger partial charge in [-0.2, -0.15) is 0 Å². The monoisotopic (exact) mass is 544 g/mol. The molecule has 0 saturated carbocycles. The van der Waals surface area contributed by atoms with E-state index in [4.69, 9.17) is 9.84 Å². The van der Waals surface area contributed by atoms with Gasteiger partial charge < -0.3 is 24.9 Å². The smallest absolute Gasteiger partial charge is 0.329 e. The Morgan fingerprint density at radius 3 is 2.51 bits per heavy atom. The van der Waals surface area contributed by atoms with Crippen molar-refractivity contribution in [3.8, 4) is 34.1 Å². The molecular weight excluding hydrogens is 519 g/mol. The number of nitrogens with zero attached hydrogens (tertiary/aromatic N) is 2. The number of nitrogens with one attached hydrogen (secondary N) is 2. The van der Waals surface area contributed by atoms with E-state index in [0.29, 0.717) is 38.6 Å². The van der Waals surface area contributed by atoms with Gasteiger partial charge in [0.05, 0.1) is 12.3 Å². The second-order valence-corrected chi connectivity index (χ2v) is 9.42. The Morgan fingerprint density at radius 2 is 1.89 bits per heavy atom. The predicted octanol–water partition coefficient (Wildman–Crippen LogP) is 4.77. The first kappa shape index (κ1) is 24.7. The van der Waals surface area contributed by atoms with Gasteiger partial charge in [-0.05, 0) is 55.3 Å². The molecule has 0 unspecified atom stereocenters. The number of ether oxygens (including phenoxy) is 1. The van der Waals surface area contributed by atoms with Crippen molar-refractivity contribution < 1.29 is 19.3 Å². The molecule has 4 aromatic rings. The number of hydrogen-bond acceptors (Lipinski definition) is 5. The second-order valence-electron chi connectivity index (χ2n) is 8.50. The third kappa shape index (κ3) is 4.89. The van der Waals surface area contributed by atoms with Crippen molar-refractivity contribution >= 4 is 15.9 Å². The normalized spacial score (nSPS) is 12.3. The molecule has 0 aliphatic carbocycles. The zero-order valence-electron chi connectivity index (χ0n) is 19.5. The maximum atomic E-state index is 14.6. The lowest BCUT2D eigenvalue weighted by Gasteiger charge is -2.20. The summed E-state index contributed by atoms with van der Waals surface area (Å²) in [4.78, 5) is 23.6. The molecule has 2 heterocycles. The van der Waals surface area contributed by atoms with Crippen LogP contribution in [-0.2, 0) is 0 Å². The first-order valence-electron chi connectivity index (χ1n) is 11.1. The first-order valence-corrected chi connectivity index (χ1v) is 11.9. The van der Waals surface area contributed by atoms with Gasteiger partial charge >= 0.3 is 5.69 Å². The number of rotatable bonds is 8. The number of aliphatic hydroxyl groups is 1. The third-order valence-corrected chi connectivity index (χ3v) is 6.18. The van der Waals surface area contributed by atoms with Crippen molar-refractivity contribution in [2.45, 2.75) is 26.8 Å². The van der Waals surface area contributed by atoms with Crippen molar-refractivity contribution in [3.63, 3.8) is 0 Å². The molecule has 2 aromatic heterocycles. The highest BCUT2D eigenvalue weighted by atomic mass is 79.9. The lowest BCUT2D eigenvalue weighted by Crippen LogP contribution is -2.27. The van der Waals surface area contributed by atoms with Gasteiger partial charge in [0.2, 0.25) is 5.88 Å². The van der Waals surface area contributed by atoms with Crippen molar-refractivity contribution in [2.75, 3.05) is 13.2 Å². The second kappa shape index (κ2) is 10.1. The molecule has 4 N–H and O–H groups in total. The molecule has 35 heavy (non-hydrogen) atoms. The van der Waals surface area contributed by atoms with Crippen LogP contribution in [0.15, 0.2) is 51.7 Å². The highest BCUT2D eigenvalue weighted by Crippen LogP contribution is 2.35. The van der Waals surface area contributed by atoms with Crippen LogP contribution >= 0.6 is 15.9 Å². The molecule has 0 bridgehead atoms. The Balaban J connectivity index is 1.74. The van der Waals surface area contributed by atoms with Gasteiger partial charge in [0, 0.05) is 21.3 Å². The fourth-order valence-electron chi connectivity index (χ4n) is 4.08. The van der Waals surface area contributed by atoms with Crippen LogP contribution in [0.5, 0.6) is 11.6 Å². The van der Waals surface area contributed by atoms with E-state index >= 15 is 0 Å². The van der Waals surface area contributed by atoms with E-state index in [1.807, 2.05) is 13.8 Å². The SMILES string of the molecule is Cc1[nH]c([C@@H](C(C)C)n2c(O)c(-c3ccc(OCCO)cc3)[nH]c2=O)nc1-c1ccc(Br)cc1F. The van der Waals surface area contributed by atoms with E-state index in [1.54, 1.807) is 43.3 Å². The van der Waals surface area contributed by atoms with E-state index in [-0.39, 0.29) is 30.7 Å². The van der Waals surface area contributed by atoms with Crippen LogP contribution in [0.4, 0.5) is 4.39 Å². The van der Waals surface area contributed by atoms with Crippen molar-refractivity contribution in [3.05, 3.63) is 74.8 Å². The fraction of sp³-hybridized carbons (Fsp3) is 0.280. The largest absolute Gasteiger partial charge is 0.493 e. The maximum absolute atomic E-state index is 14.6. The summed E-state index contributed by atoms with van der Waals surface area (Å²) in [5.74, 6) is 0.207. The minimum absolute atomic E-state index is 0.0995. The summed E-state index contributed by atoms with van der Waals surface area (Å²) >= 11 is 3.26. The van der Waals surface area contributed by atoms with Crippen molar-refractivity contribution in [2.24, 2.45) is 5.92 Å². The number of hydrogen-bond donors (Lipinski definition) is 4. The average Bonchev–Trinajstić information content (AvgIpc) is 3.32. The standard InChI is InChI=1S/C25H26BrFN4O4/c1-13(2)22(23-28-14(3)20(29-23)18-9-6-16(26)12-19(18)27)31-24(33)21(30-25(31)34)15-4-7-17(8-5-15)35-11-10-32/h4-9,12-13,22,32-33H,10-11H2,1-3H3,(H,28,29)(H,30,34)/t22-/m1/s1. The van der Waals surface area contributed by atoms with Gasteiger partial charge in [0.1, 0.15) is 35.7 Å². The molecule has 0 fully saturated rings. The van der Waals surface area contributed by atoms with E-state index in [2.05, 4.69) is 30.9 Å². The minimum atomic E-state index is -0.634. The summed E-state index contributed by atoms with van der Waals surface area (Å²) in [6.07, 6.45) is 0. The highest BCUT2D eigenvalue weighted by molar-refractivity contribution is 9.10. The van der Waals surface area contributed by atoms with Gasteiger partial charge in [-0.3, -0.25) is 4.57 Å². The van der Waals surface area contributed by atoms with E-state index < -0.39 is 17.5 Å². The van der Waals surface area contributed by atoms with Gasteiger partial charge in [-0.25, -0.2) is 14.2 Å². The summed E-state index contributed by atoms with van der Waals surface area (Å²) in [6.45, 7) is 5.68. The first-order chi connectivity index (χ1) is 16.7. The molecule has 0 aliphatic rings. The molecule has 1 atom stereocenters. The number of aryl methyl sites for hydroxylation is 1. The van der Waals surface area contributed by atoms with Gasteiger partial charge in [0.25, 0.3) is 0 Å². The predicted molar refractivity (Wildman–Crippen MR) is 134 cm³/mol. The van der Waals surface area contributed by atoms with Crippen LogP contribution in [-0.4, -0.2) is 42.9 Å². The average molecular weight is 545 g/mol. The molecule has 10 heteroatoms. The third-order valence-electron chi connectivity index (χ3n) is 5.68. The Hall–Kier alpha value is -3.37. The zero-order valence-corrected chi connectivity index (χ0v) is 21.1. The zero-order chi connectivity index (χ0) is 25.3. The molecule has 2 aromatic carbocycles. The number of benzene rings is 2. The highest BCUT2D eigenvalue weighted by Gasteiger charge is 2.29. The van der Waals surface area contributed by atoms with Crippen molar-refractivity contribution in [1.29, 1.82) is 0 Å². The quantitative estimate of drug-likeness (QED) is 0.255. The number of aromatic hydroxyl groups is 1. The Bertz CT molecular complexity index is 1390. The minimum Gasteiger partial charge on any atom is -0.493 e. The van der Waals surface area contributed by atoms with Crippen LogP contribution in [0.3, 0.4) is 0 Å². The summed E-state index contributed by atoms with van der Waals surface area (Å²) < 4.78 is 21.9. The van der Waals surface area contributed by atoms with Gasteiger partial charge in [0.15, 0.2) is 0 Å². The van der Waals surface area contributed by atoms with Crippen LogP contribution in [0.25, 0.3) is 22.5 Å². The van der Waals surface area contributed by atoms with Crippen LogP contribution < -0.4 is 10.4 Å². The number of aromatic amines is 2. The van der Waals surface area contributed by atoms with Gasteiger partial charge in [-0.1, -0.05) is 29.8 Å². The summed E-state index contributed by atoms with van der Waals surface area (Å²) in [7, 11) is 0. The summed E-state index contributed by atoms with van der Waals surface area (Å²) in [6, 6.07) is 10.9. The van der Waals surface area contributed by atoms with Crippen LogP contribution in [0, 0.1) is 18.7 Å². The fourth-order valence-corrected chi connectivity index (χ4v) is 4.42. The molecule has 4 rings (SSSR count). The van der Waals surface area contributed by atoms with E-state index in [9.17, 15) is 14.3 Å². The van der Waals surface area contributed by atoms with Crippen molar-refractivity contribution in [1.82, 2.24) is 19.5 Å². The topological polar surface area (TPSA) is 116 Å². The molecule has 184 valence electrons. The molecule has 0 saturated heterocycles. The number of aromatic nitrogens is 4. The van der Waals surface area contributed by atoms with Crippen LogP contribution in [0.2, 0.25) is 0 Å². The lowest BCUT2D eigenvalue weighted by molar-refractivity contribution is 0.201. The van der Waals surface area contributed by atoms with Gasteiger partial charge in [-0.15, -0.1) is 0 Å².